The van der Waals surface area contributed by atoms with Crippen LogP contribution in [0.1, 0.15) is 18.9 Å². The third kappa shape index (κ3) is 4.97. The Labute approximate surface area is 170 Å². The maximum absolute atomic E-state index is 12.7. The van der Waals surface area contributed by atoms with E-state index in [0.717, 1.165) is 23.4 Å². The predicted molar refractivity (Wildman–Crippen MR) is 110 cm³/mol. The van der Waals surface area contributed by atoms with Crippen molar-refractivity contribution < 1.29 is 17.9 Å². The molecule has 0 saturated heterocycles. The van der Waals surface area contributed by atoms with E-state index in [2.05, 4.69) is 5.32 Å². The summed E-state index contributed by atoms with van der Waals surface area (Å²) in [5, 5.41) is 3.32. The maximum Gasteiger partial charge on any atom is 0.263 e. The van der Waals surface area contributed by atoms with E-state index >= 15 is 0 Å². The molecule has 6 nitrogen and oxygen atoms in total. The zero-order valence-corrected chi connectivity index (χ0v) is 17.3. The van der Waals surface area contributed by atoms with Crippen molar-refractivity contribution in [3.05, 3.63) is 59.1 Å². The summed E-state index contributed by atoms with van der Waals surface area (Å²) in [5.74, 6) is -0.0204. The number of anilines is 1. The Hall–Kier alpha value is -2.25. The van der Waals surface area contributed by atoms with Gasteiger partial charge in [0.1, 0.15) is 5.75 Å². The lowest BCUT2D eigenvalue weighted by Crippen LogP contribution is -2.52. The molecule has 28 heavy (non-hydrogen) atoms. The fourth-order valence-electron chi connectivity index (χ4n) is 3.11. The van der Waals surface area contributed by atoms with Crippen LogP contribution in [0.25, 0.3) is 0 Å². The number of halogens is 1. The molecule has 0 radical (unpaired) electrons. The van der Waals surface area contributed by atoms with Gasteiger partial charge in [0.2, 0.25) is 10.0 Å². The molecule has 1 amide bonds. The lowest BCUT2D eigenvalue weighted by molar-refractivity contribution is -0.128. The number of hydrogen-bond donors (Lipinski definition) is 1. The Balaban J connectivity index is 1.67. The molecule has 0 fully saturated rings. The number of nitrogens with zero attached hydrogens (tertiary/aromatic N) is 1. The molecule has 1 heterocycles. The van der Waals surface area contributed by atoms with Crippen LogP contribution in [-0.2, 0) is 21.2 Å². The van der Waals surface area contributed by atoms with E-state index in [4.69, 9.17) is 16.3 Å². The van der Waals surface area contributed by atoms with Gasteiger partial charge in [-0.15, -0.1) is 0 Å². The first-order chi connectivity index (χ1) is 13.2. The highest BCUT2D eigenvalue weighted by Crippen LogP contribution is 2.37. The van der Waals surface area contributed by atoms with Crippen LogP contribution in [0.15, 0.2) is 48.5 Å². The van der Waals surface area contributed by atoms with Gasteiger partial charge >= 0.3 is 0 Å². The monoisotopic (exact) mass is 422 g/mol. The van der Waals surface area contributed by atoms with E-state index in [0.29, 0.717) is 16.5 Å². The zero-order valence-electron chi connectivity index (χ0n) is 15.8. The molecule has 0 unspecified atom stereocenters. The number of benzene rings is 2. The molecule has 1 N–H and O–H groups in total. The molecule has 0 saturated carbocycles. The molecule has 2 aromatic rings. The smallest absolute Gasteiger partial charge is 0.263 e. The number of rotatable bonds is 6. The molecule has 3 rings (SSSR count). The average Bonchev–Trinajstić information content (AvgIpc) is 2.65. The third-order valence-corrected chi connectivity index (χ3v) is 5.96. The standard InChI is InChI=1S/C20H23ClN2O4S/c1-14(8-9-15-6-4-3-5-7-15)22-20(24)19-13-23(28(2,25)26)17-12-16(21)10-11-18(17)27-19/h3-7,10-12,14,19H,8-9,13H2,1-2H3,(H,22,24)/t14-,19-/m0/s1. The van der Waals surface area contributed by atoms with Gasteiger partial charge in [0.25, 0.3) is 5.91 Å². The quantitative estimate of drug-likeness (QED) is 0.776. The predicted octanol–water partition coefficient (Wildman–Crippen LogP) is 3.00. The second kappa shape index (κ2) is 8.41. The van der Waals surface area contributed by atoms with Crippen LogP contribution in [0.2, 0.25) is 5.02 Å². The van der Waals surface area contributed by atoms with Crippen molar-refractivity contribution in [2.45, 2.75) is 31.9 Å². The molecule has 0 aliphatic carbocycles. The molecule has 2 atom stereocenters. The number of nitrogens with one attached hydrogen (secondary N) is 1. The van der Waals surface area contributed by atoms with E-state index in [-0.39, 0.29) is 18.5 Å². The highest BCUT2D eigenvalue weighted by molar-refractivity contribution is 7.92. The molecule has 1 aliphatic heterocycles. The SMILES string of the molecule is C[C@@H](CCc1ccccc1)NC(=O)[C@@H]1CN(S(C)(=O)=O)c2cc(Cl)ccc2O1. The van der Waals surface area contributed by atoms with E-state index < -0.39 is 16.1 Å². The zero-order chi connectivity index (χ0) is 20.3. The van der Waals surface area contributed by atoms with Crippen molar-refractivity contribution in [1.29, 1.82) is 0 Å². The van der Waals surface area contributed by atoms with Crippen molar-refractivity contribution >= 4 is 33.2 Å². The number of sulfonamides is 1. The molecular formula is C20H23ClN2O4S. The summed E-state index contributed by atoms with van der Waals surface area (Å²) in [5.41, 5.74) is 1.54. The van der Waals surface area contributed by atoms with Gasteiger partial charge < -0.3 is 10.1 Å². The number of carbonyl (C=O) groups is 1. The highest BCUT2D eigenvalue weighted by Gasteiger charge is 2.35. The Bertz CT molecular complexity index is 950. The van der Waals surface area contributed by atoms with E-state index in [9.17, 15) is 13.2 Å². The highest BCUT2D eigenvalue weighted by atomic mass is 35.5. The van der Waals surface area contributed by atoms with Crippen molar-refractivity contribution in [3.8, 4) is 5.75 Å². The minimum Gasteiger partial charge on any atom is -0.476 e. The van der Waals surface area contributed by atoms with Crippen molar-refractivity contribution in [2.75, 3.05) is 17.1 Å². The Morgan fingerprint density at radius 3 is 2.68 bits per heavy atom. The number of hydrogen-bond acceptors (Lipinski definition) is 4. The third-order valence-electron chi connectivity index (χ3n) is 4.58. The molecule has 0 spiro atoms. The average molecular weight is 423 g/mol. The van der Waals surface area contributed by atoms with Crippen LogP contribution in [-0.4, -0.2) is 39.3 Å². The van der Waals surface area contributed by atoms with Crippen LogP contribution in [0, 0.1) is 0 Å². The Morgan fingerprint density at radius 1 is 1.29 bits per heavy atom. The van der Waals surface area contributed by atoms with E-state index in [1.54, 1.807) is 12.1 Å². The number of aryl methyl sites for hydroxylation is 1. The number of fused-ring (bicyclic) bond motifs is 1. The molecule has 1 aliphatic rings. The summed E-state index contributed by atoms with van der Waals surface area (Å²) in [7, 11) is -3.58. The molecular weight excluding hydrogens is 400 g/mol. The Morgan fingerprint density at radius 2 is 2.00 bits per heavy atom. The lowest BCUT2D eigenvalue weighted by Gasteiger charge is -2.34. The summed E-state index contributed by atoms with van der Waals surface area (Å²) in [4.78, 5) is 12.7. The molecule has 0 bridgehead atoms. The van der Waals surface area contributed by atoms with Gasteiger partial charge in [-0.2, -0.15) is 0 Å². The maximum atomic E-state index is 12.7. The molecule has 8 heteroatoms. The minimum absolute atomic E-state index is 0.0744. The number of carbonyl (C=O) groups excluding carboxylic acids is 1. The van der Waals surface area contributed by atoms with Crippen LogP contribution in [0.4, 0.5) is 5.69 Å². The fourth-order valence-corrected chi connectivity index (χ4v) is 4.18. The summed E-state index contributed by atoms with van der Waals surface area (Å²) in [6.45, 7) is 1.83. The largest absolute Gasteiger partial charge is 0.476 e. The van der Waals surface area contributed by atoms with Gasteiger partial charge in [-0.05, 0) is 43.5 Å². The van der Waals surface area contributed by atoms with Crippen LogP contribution >= 0.6 is 11.6 Å². The van der Waals surface area contributed by atoms with Gasteiger partial charge in [0.15, 0.2) is 6.10 Å². The van der Waals surface area contributed by atoms with Gasteiger partial charge in [-0.25, -0.2) is 8.42 Å². The fraction of sp³-hybridized carbons (Fsp3) is 0.350. The number of amides is 1. The normalized spacial score (nSPS) is 17.4. The van der Waals surface area contributed by atoms with Crippen molar-refractivity contribution in [3.63, 3.8) is 0 Å². The summed E-state index contributed by atoms with van der Waals surface area (Å²) < 4.78 is 31.3. The molecule has 0 aromatic heterocycles. The lowest BCUT2D eigenvalue weighted by atomic mass is 10.1. The first-order valence-electron chi connectivity index (χ1n) is 9.02. The van der Waals surface area contributed by atoms with Crippen LogP contribution in [0.3, 0.4) is 0 Å². The second-order valence-electron chi connectivity index (χ2n) is 6.95. The first-order valence-corrected chi connectivity index (χ1v) is 11.2. The van der Waals surface area contributed by atoms with E-state index in [1.807, 2.05) is 37.3 Å². The van der Waals surface area contributed by atoms with Gasteiger partial charge in [-0.3, -0.25) is 9.10 Å². The summed E-state index contributed by atoms with van der Waals surface area (Å²) in [6, 6.07) is 14.7. The Kier molecular flexibility index (Phi) is 6.15. The summed E-state index contributed by atoms with van der Waals surface area (Å²) in [6.07, 6.45) is 1.78. The van der Waals surface area contributed by atoms with Crippen LogP contribution in [0.5, 0.6) is 5.75 Å². The van der Waals surface area contributed by atoms with Crippen molar-refractivity contribution in [2.24, 2.45) is 0 Å². The van der Waals surface area contributed by atoms with Gasteiger partial charge in [-0.1, -0.05) is 41.9 Å². The molecule has 2 aromatic carbocycles. The first kappa shape index (κ1) is 20.5. The van der Waals surface area contributed by atoms with E-state index in [1.165, 1.54) is 11.6 Å². The minimum atomic E-state index is -3.58. The van der Waals surface area contributed by atoms with Crippen molar-refractivity contribution in [1.82, 2.24) is 5.32 Å². The van der Waals surface area contributed by atoms with Gasteiger partial charge in [0, 0.05) is 11.1 Å². The second-order valence-corrected chi connectivity index (χ2v) is 9.29. The van der Waals surface area contributed by atoms with Gasteiger partial charge in [0.05, 0.1) is 18.5 Å². The number of ether oxygens (including phenoxy) is 1. The summed E-state index contributed by atoms with van der Waals surface area (Å²) >= 11 is 5.99. The topological polar surface area (TPSA) is 75.7 Å². The molecule has 150 valence electrons. The van der Waals surface area contributed by atoms with Crippen LogP contribution < -0.4 is 14.4 Å².